The van der Waals surface area contributed by atoms with E-state index in [0.717, 1.165) is 44.1 Å². The van der Waals surface area contributed by atoms with Crippen LogP contribution in [0.25, 0.3) is 44.1 Å². The standard InChI is InChI=1S/C20H11ClN2O/c21-20-22-18(12-6-2-1-3-7-12)14-10-11-16-17(19(14)23-20)13-8-4-5-9-15(13)24-16/h1-11H. The summed E-state index contributed by atoms with van der Waals surface area (Å²) in [4.78, 5) is 8.97. The van der Waals surface area contributed by atoms with E-state index in [9.17, 15) is 0 Å². The van der Waals surface area contributed by atoms with E-state index in [1.54, 1.807) is 0 Å². The van der Waals surface area contributed by atoms with E-state index in [1.165, 1.54) is 0 Å². The highest BCUT2D eigenvalue weighted by Crippen LogP contribution is 2.36. The summed E-state index contributed by atoms with van der Waals surface area (Å²) >= 11 is 6.24. The van der Waals surface area contributed by atoms with Gasteiger partial charge in [-0.25, -0.2) is 9.97 Å². The van der Waals surface area contributed by atoms with Gasteiger partial charge in [-0.05, 0) is 29.8 Å². The quantitative estimate of drug-likeness (QED) is 0.362. The fourth-order valence-corrected chi connectivity index (χ4v) is 3.36. The maximum absolute atomic E-state index is 6.24. The molecule has 0 aliphatic heterocycles. The van der Waals surface area contributed by atoms with Crippen LogP contribution >= 0.6 is 11.6 Å². The second kappa shape index (κ2) is 5.05. The summed E-state index contributed by atoms with van der Waals surface area (Å²) in [6.07, 6.45) is 0. The molecular weight excluding hydrogens is 320 g/mol. The number of para-hydroxylation sites is 1. The minimum absolute atomic E-state index is 0.235. The van der Waals surface area contributed by atoms with Crippen molar-refractivity contribution >= 4 is 44.4 Å². The lowest BCUT2D eigenvalue weighted by Gasteiger charge is -2.07. The van der Waals surface area contributed by atoms with E-state index in [-0.39, 0.29) is 5.28 Å². The van der Waals surface area contributed by atoms with Gasteiger partial charge in [0, 0.05) is 16.3 Å². The van der Waals surface area contributed by atoms with E-state index >= 15 is 0 Å². The molecule has 0 unspecified atom stereocenters. The molecular formula is C20H11ClN2O. The van der Waals surface area contributed by atoms with Crippen molar-refractivity contribution in [2.24, 2.45) is 0 Å². The predicted molar refractivity (Wildman–Crippen MR) is 97.3 cm³/mol. The summed E-state index contributed by atoms with van der Waals surface area (Å²) in [5.74, 6) is 0. The molecule has 2 aromatic heterocycles. The van der Waals surface area contributed by atoms with Gasteiger partial charge < -0.3 is 4.42 Å². The van der Waals surface area contributed by atoms with Crippen molar-refractivity contribution in [3.8, 4) is 11.3 Å². The Hall–Kier alpha value is -2.91. The van der Waals surface area contributed by atoms with Crippen molar-refractivity contribution in [1.82, 2.24) is 9.97 Å². The monoisotopic (exact) mass is 330 g/mol. The predicted octanol–water partition coefficient (Wildman–Crippen LogP) is 5.85. The number of furan rings is 1. The molecule has 0 saturated carbocycles. The number of rotatable bonds is 1. The number of halogens is 1. The van der Waals surface area contributed by atoms with Crippen LogP contribution in [0.15, 0.2) is 71.1 Å². The van der Waals surface area contributed by atoms with Crippen molar-refractivity contribution < 1.29 is 4.42 Å². The highest BCUT2D eigenvalue weighted by atomic mass is 35.5. The Bertz CT molecular complexity index is 1210. The molecule has 3 aromatic carbocycles. The molecule has 4 heteroatoms. The lowest BCUT2D eigenvalue weighted by Crippen LogP contribution is -1.91. The third kappa shape index (κ3) is 1.92. The number of aromatic nitrogens is 2. The molecule has 0 fully saturated rings. The average Bonchev–Trinajstić information content (AvgIpc) is 3.01. The van der Waals surface area contributed by atoms with Crippen LogP contribution in [0.2, 0.25) is 5.28 Å². The zero-order valence-electron chi connectivity index (χ0n) is 12.5. The van der Waals surface area contributed by atoms with Crippen LogP contribution in [0.4, 0.5) is 0 Å². The number of hydrogen-bond acceptors (Lipinski definition) is 3. The molecule has 0 saturated heterocycles. The van der Waals surface area contributed by atoms with Gasteiger partial charge in [-0.2, -0.15) is 0 Å². The number of hydrogen-bond donors (Lipinski definition) is 0. The minimum Gasteiger partial charge on any atom is -0.456 e. The van der Waals surface area contributed by atoms with Gasteiger partial charge in [-0.1, -0.05) is 48.5 Å². The zero-order valence-corrected chi connectivity index (χ0v) is 13.3. The van der Waals surface area contributed by atoms with Crippen LogP contribution in [0.5, 0.6) is 0 Å². The fourth-order valence-electron chi connectivity index (χ4n) is 3.19. The Labute approximate surface area is 142 Å². The molecule has 0 radical (unpaired) electrons. The summed E-state index contributed by atoms with van der Waals surface area (Å²) in [5.41, 5.74) is 4.31. The van der Waals surface area contributed by atoms with Gasteiger partial charge in [0.15, 0.2) is 0 Å². The summed E-state index contributed by atoms with van der Waals surface area (Å²) in [5, 5.41) is 3.21. The summed E-state index contributed by atoms with van der Waals surface area (Å²) in [7, 11) is 0. The van der Waals surface area contributed by atoms with E-state index in [2.05, 4.69) is 9.97 Å². The van der Waals surface area contributed by atoms with Gasteiger partial charge in [-0.3, -0.25) is 0 Å². The second-order valence-corrected chi connectivity index (χ2v) is 5.98. The van der Waals surface area contributed by atoms with Crippen LogP contribution < -0.4 is 0 Å². The van der Waals surface area contributed by atoms with Crippen molar-refractivity contribution in [3.05, 3.63) is 72.0 Å². The maximum atomic E-state index is 6.24. The lowest BCUT2D eigenvalue weighted by atomic mass is 10.0. The third-order valence-electron chi connectivity index (χ3n) is 4.23. The van der Waals surface area contributed by atoms with Crippen LogP contribution in [0, 0.1) is 0 Å². The van der Waals surface area contributed by atoms with Gasteiger partial charge in [0.25, 0.3) is 0 Å². The molecule has 5 rings (SSSR count). The summed E-state index contributed by atoms with van der Waals surface area (Å²) < 4.78 is 5.94. The van der Waals surface area contributed by atoms with Crippen molar-refractivity contribution in [2.75, 3.05) is 0 Å². The van der Waals surface area contributed by atoms with Crippen molar-refractivity contribution in [2.45, 2.75) is 0 Å². The molecule has 0 N–H and O–H groups in total. The Morgan fingerprint density at radius 3 is 2.38 bits per heavy atom. The van der Waals surface area contributed by atoms with Gasteiger partial charge in [0.05, 0.1) is 16.6 Å². The van der Waals surface area contributed by atoms with Crippen molar-refractivity contribution in [3.63, 3.8) is 0 Å². The van der Waals surface area contributed by atoms with Crippen molar-refractivity contribution in [1.29, 1.82) is 0 Å². The maximum Gasteiger partial charge on any atom is 0.223 e. The van der Waals surface area contributed by atoms with Gasteiger partial charge in [-0.15, -0.1) is 0 Å². The van der Waals surface area contributed by atoms with Crippen LogP contribution in [0.1, 0.15) is 0 Å². The number of benzene rings is 3. The SMILES string of the molecule is Clc1nc(-c2ccccc2)c2ccc3oc4ccccc4c3c2n1. The number of nitrogens with zero attached hydrogens (tertiary/aromatic N) is 2. The average molecular weight is 331 g/mol. The molecule has 2 heterocycles. The first kappa shape index (κ1) is 13.5. The first-order valence-corrected chi connectivity index (χ1v) is 8.02. The van der Waals surface area contributed by atoms with E-state index in [4.69, 9.17) is 16.0 Å². The first-order valence-electron chi connectivity index (χ1n) is 7.64. The largest absolute Gasteiger partial charge is 0.456 e. The molecule has 0 spiro atoms. The van der Waals surface area contributed by atoms with E-state index in [1.807, 2.05) is 66.7 Å². The highest BCUT2D eigenvalue weighted by molar-refractivity contribution is 6.29. The van der Waals surface area contributed by atoms with Crippen LogP contribution in [-0.2, 0) is 0 Å². The fraction of sp³-hybridized carbons (Fsp3) is 0. The molecule has 0 aliphatic carbocycles. The minimum atomic E-state index is 0.235. The lowest BCUT2D eigenvalue weighted by molar-refractivity contribution is 0.669. The second-order valence-electron chi connectivity index (χ2n) is 5.64. The molecule has 0 aliphatic rings. The van der Waals surface area contributed by atoms with Crippen LogP contribution in [0.3, 0.4) is 0 Å². The van der Waals surface area contributed by atoms with Gasteiger partial charge in [0.1, 0.15) is 11.2 Å². The molecule has 5 aromatic rings. The summed E-state index contributed by atoms with van der Waals surface area (Å²) in [6.45, 7) is 0. The topological polar surface area (TPSA) is 38.9 Å². The Balaban J connectivity index is 1.99. The summed E-state index contributed by atoms with van der Waals surface area (Å²) in [6, 6.07) is 21.9. The van der Waals surface area contributed by atoms with Crippen LogP contribution in [-0.4, -0.2) is 9.97 Å². The molecule has 3 nitrogen and oxygen atoms in total. The first-order chi connectivity index (χ1) is 11.8. The van der Waals surface area contributed by atoms with E-state index in [0.29, 0.717) is 0 Å². The smallest absolute Gasteiger partial charge is 0.223 e. The molecule has 0 atom stereocenters. The molecule has 0 bridgehead atoms. The van der Waals surface area contributed by atoms with Gasteiger partial charge in [0.2, 0.25) is 5.28 Å². The normalized spacial score (nSPS) is 11.5. The Morgan fingerprint density at radius 2 is 1.50 bits per heavy atom. The highest BCUT2D eigenvalue weighted by Gasteiger charge is 2.15. The number of fused-ring (bicyclic) bond motifs is 5. The van der Waals surface area contributed by atoms with Gasteiger partial charge >= 0.3 is 0 Å². The molecule has 114 valence electrons. The Kier molecular flexibility index (Phi) is 2.84. The third-order valence-corrected chi connectivity index (χ3v) is 4.40. The van der Waals surface area contributed by atoms with E-state index < -0.39 is 0 Å². The Morgan fingerprint density at radius 1 is 0.708 bits per heavy atom. The molecule has 24 heavy (non-hydrogen) atoms. The molecule has 0 amide bonds. The zero-order chi connectivity index (χ0) is 16.1.